The molecule has 0 aliphatic carbocycles. The summed E-state index contributed by atoms with van der Waals surface area (Å²) in [6, 6.07) is 0. The first kappa shape index (κ1) is 9.51. The highest BCUT2D eigenvalue weighted by molar-refractivity contribution is 6.30. The largest absolute Gasteiger partial charge is 0.392 e. The van der Waals surface area contributed by atoms with Crippen molar-refractivity contribution >= 4 is 11.6 Å². The summed E-state index contributed by atoms with van der Waals surface area (Å²) in [6.07, 6.45) is 3.43. The summed E-state index contributed by atoms with van der Waals surface area (Å²) < 4.78 is 1.68. The van der Waals surface area contributed by atoms with Crippen LogP contribution in [-0.2, 0) is 6.54 Å². The van der Waals surface area contributed by atoms with Gasteiger partial charge >= 0.3 is 0 Å². The molecule has 0 fully saturated rings. The predicted molar refractivity (Wildman–Crippen MR) is 46.9 cm³/mol. The molecule has 0 aromatic carbocycles. The predicted octanol–water partition coefficient (Wildman–Crippen LogP) is 0.246. The van der Waals surface area contributed by atoms with Gasteiger partial charge in [0.2, 0.25) is 0 Å². The number of aliphatic hydroxyl groups is 1. The van der Waals surface area contributed by atoms with Crippen LogP contribution >= 0.6 is 11.6 Å². The lowest BCUT2D eigenvalue weighted by molar-refractivity contribution is 0.165. The van der Waals surface area contributed by atoms with Gasteiger partial charge in [-0.1, -0.05) is 11.6 Å². The van der Waals surface area contributed by atoms with E-state index in [0.29, 0.717) is 18.0 Å². The first-order chi connectivity index (χ1) is 5.72. The van der Waals surface area contributed by atoms with Crippen LogP contribution in [0.4, 0.5) is 0 Å². The molecule has 0 spiro atoms. The van der Waals surface area contributed by atoms with E-state index in [1.807, 2.05) is 0 Å². The van der Waals surface area contributed by atoms with Crippen LogP contribution in [0.3, 0.4) is 0 Å². The Morgan fingerprint density at radius 1 is 1.75 bits per heavy atom. The van der Waals surface area contributed by atoms with Crippen LogP contribution in [0, 0.1) is 0 Å². The summed E-state index contributed by atoms with van der Waals surface area (Å²) in [4.78, 5) is 0. The number of hydrogen-bond donors (Lipinski definition) is 2. The van der Waals surface area contributed by atoms with Crippen LogP contribution in [0.5, 0.6) is 0 Å². The van der Waals surface area contributed by atoms with Crippen molar-refractivity contribution in [3.05, 3.63) is 17.4 Å². The van der Waals surface area contributed by atoms with Crippen LogP contribution in [0.15, 0.2) is 12.4 Å². The Balaban J connectivity index is 2.33. The molecule has 1 rings (SSSR count). The number of nitrogens with zero attached hydrogens (tertiary/aromatic N) is 2. The van der Waals surface area contributed by atoms with Gasteiger partial charge in [-0.3, -0.25) is 4.68 Å². The summed E-state index contributed by atoms with van der Waals surface area (Å²) in [5.41, 5.74) is 5.24. The van der Waals surface area contributed by atoms with E-state index in [1.54, 1.807) is 17.1 Å². The average molecular weight is 190 g/mol. The van der Waals surface area contributed by atoms with Gasteiger partial charge in [-0.05, 0) is 6.42 Å². The van der Waals surface area contributed by atoms with Crippen molar-refractivity contribution in [2.24, 2.45) is 5.73 Å². The highest BCUT2D eigenvalue weighted by Crippen LogP contribution is 2.05. The zero-order chi connectivity index (χ0) is 8.97. The van der Waals surface area contributed by atoms with Crippen LogP contribution < -0.4 is 5.73 Å². The van der Waals surface area contributed by atoms with Gasteiger partial charge in [0.15, 0.2) is 0 Å². The van der Waals surface area contributed by atoms with E-state index < -0.39 is 6.10 Å². The summed E-state index contributed by atoms with van der Waals surface area (Å²) in [5, 5.41) is 13.7. The van der Waals surface area contributed by atoms with Gasteiger partial charge in [0.25, 0.3) is 0 Å². The van der Waals surface area contributed by atoms with Gasteiger partial charge in [0.1, 0.15) is 0 Å². The number of aromatic nitrogens is 2. The summed E-state index contributed by atoms with van der Waals surface area (Å²) in [6.45, 7) is 0.931. The fourth-order valence-electron chi connectivity index (χ4n) is 0.860. The number of aliphatic hydroxyl groups excluding tert-OH is 1. The molecular formula is C7H12ClN3O. The Hall–Kier alpha value is -0.580. The molecule has 1 atom stereocenters. The van der Waals surface area contributed by atoms with E-state index in [1.165, 1.54) is 0 Å². The van der Waals surface area contributed by atoms with Gasteiger partial charge in [-0.25, -0.2) is 0 Å². The van der Waals surface area contributed by atoms with Crippen LogP contribution in [-0.4, -0.2) is 27.5 Å². The van der Waals surface area contributed by atoms with E-state index in [2.05, 4.69) is 5.10 Å². The minimum Gasteiger partial charge on any atom is -0.392 e. The molecule has 4 nitrogen and oxygen atoms in total. The van der Waals surface area contributed by atoms with Gasteiger partial charge in [0.05, 0.1) is 17.3 Å². The average Bonchev–Trinajstić information content (AvgIpc) is 2.47. The first-order valence-corrected chi connectivity index (χ1v) is 4.16. The molecule has 68 valence electrons. The first-order valence-electron chi connectivity index (χ1n) is 3.78. The molecule has 0 amide bonds. The van der Waals surface area contributed by atoms with Crippen molar-refractivity contribution in [3.8, 4) is 0 Å². The maximum Gasteiger partial charge on any atom is 0.0785 e. The zero-order valence-electron chi connectivity index (χ0n) is 6.65. The number of rotatable bonds is 4. The van der Waals surface area contributed by atoms with E-state index in [-0.39, 0.29) is 6.54 Å². The molecule has 1 heterocycles. The van der Waals surface area contributed by atoms with Gasteiger partial charge in [0, 0.05) is 19.3 Å². The van der Waals surface area contributed by atoms with Gasteiger partial charge < -0.3 is 10.8 Å². The SMILES string of the molecule is NCC(O)CCn1cc(Cl)cn1. The number of hydrogen-bond acceptors (Lipinski definition) is 3. The molecule has 0 bridgehead atoms. The third-order valence-electron chi connectivity index (χ3n) is 1.57. The Morgan fingerprint density at radius 3 is 3.00 bits per heavy atom. The molecule has 0 saturated heterocycles. The lowest BCUT2D eigenvalue weighted by Gasteiger charge is -2.06. The minimum absolute atomic E-state index is 0.287. The molecule has 1 unspecified atom stereocenters. The zero-order valence-corrected chi connectivity index (χ0v) is 7.41. The Kier molecular flexibility index (Phi) is 3.52. The molecule has 5 heteroatoms. The van der Waals surface area contributed by atoms with E-state index in [9.17, 15) is 0 Å². The Morgan fingerprint density at radius 2 is 2.50 bits per heavy atom. The standard InChI is InChI=1S/C7H12ClN3O/c8-6-4-10-11(5-6)2-1-7(12)3-9/h4-5,7,12H,1-3,9H2. The molecule has 0 radical (unpaired) electrons. The molecule has 0 aliphatic rings. The molecule has 1 aromatic heterocycles. The second-order valence-electron chi connectivity index (χ2n) is 2.60. The maximum atomic E-state index is 9.13. The van der Waals surface area contributed by atoms with E-state index in [0.717, 1.165) is 0 Å². The highest BCUT2D eigenvalue weighted by Gasteiger charge is 2.01. The number of aryl methyl sites for hydroxylation is 1. The van der Waals surface area contributed by atoms with Crippen LogP contribution in [0.1, 0.15) is 6.42 Å². The number of nitrogens with two attached hydrogens (primary N) is 1. The summed E-state index contributed by atoms with van der Waals surface area (Å²) in [7, 11) is 0. The van der Waals surface area contributed by atoms with Crippen LogP contribution in [0.25, 0.3) is 0 Å². The van der Waals surface area contributed by atoms with Crippen molar-refractivity contribution in [1.82, 2.24) is 9.78 Å². The lowest BCUT2D eigenvalue weighted by Crippen LogP contribution is -2.21. The van der Waals surface area contributed by atoms with Crippen LogP contribution in [0.2, 0.25) is 5.02 Å². The normalized spacial score (nSPS) is 13.2. The third-order valence-corrected chi connectivity index (χ3v) is 1.76. The van der Waals surface area contributed by atoms with Crippen molar-refractivity contribution in [3.63, 3.8) is 0 Å². The second-order valence-corrected chi connectivity index (χ2v) is 3.04. The summed E-state index contributed by atoms with van der Waals surface area (Å²) >= 11 is 5.64. The minimum atomic E-state index is -0.451. The topological polar surface area (TPSA) is 64.1 Å². The molecule has 12 heavy (non-hydrogen) atoms. The lowest BCUT2D eigenvalue weighted by atomic mass is 10.2. The highest BCUT2D eigenvalue weighted by atomic mass is 35.5. The molecule has 0 aliphatic heterocycles. The van der Waals surface area contributed by atoms with Gasteiger partial charge in [-0.15, -0.1) is 0 Å². The summed E-state index contributed by atoms with van der Waals surface area (Å²) in [5.74, 6) is 0. The Bertz CT molecular complexity index is 238. The molecule has 0 saturated carbocycles. The van der Waals surface area contributed by atoms with E-state index >= 15 is 0 Å². The van der Waals surface area contributed by atoms with Crippen molar-refractivity contribution < 1.29 is 5.11 Å². The smallest absolute Gasteiger partial charge is 0.0785 e. The monoisotopic (exact) mass is 189 g/mol. The molecule has 1 aromatic rings. The number of halogens is 1. The van der Waals surface area contributed by atoms with Gasteiger partial charge in [-0.2, -0.15) is 5.10 Å². The molecule has 3 N–H and O–H groups in total. The van der Waals surface area contributed by atoms with Crippen molar-refractivity contribution in [2.45, 2.75) is 19.1 Å². The van der Waals surface area contributed by atoms with Crippen molar-refractivity contribution in [2.75, 3.05) is 6.54 Å². The third kappa shape index (κ3) is 2.81. The molecular weight excluding hydrogens is 178 g/mol. The fourth-order valence-corrected chi connectivity index (χ4v) is 1.02. The Labute approximate surface area is 75.9 Å². The second kappa shape index (κ2) is 4.45. The van der Waals surface area contributed by atoms with E-state index in [4.69, 9.17) is 22.4 Å². The maximum absolute atomic E-state index is 9.13. The fraction of sp³-hybridized carbons (Fsp3) is 0.571. The quantitative estimate of drug-likeness (QED) is 0.714. The van der Waals surface area contributed by atoms with Crippen molar-refractivity contribution in [1.29, 1.82) is 0 Å².